The maximum Gasteiger partial charge on any atom is 0.306 e. The van der Waals surface area contributed by atoms with Crippen LogP contribution < -0.4 is 0 Å². The van der Waals surface area contributed by atoms with Crippen molar-refractivity contribution in [1.29, 1.82) is 0 Å². The molecule has 12 heteroatoms. The van der Waals surface area contributed by atoms with Gasteiger partial charge >= 0.3 is 23.9 Å². The third-order valence-corrected chi connectivity index (χ3v) is 2.38. The van der Waals surface area contributed by atoms with Crippen LogP contribution in [-0.2, 0) is 28.7 Å². The van der Waals surface area contributed by atoms with Gasteiger partial charge in [-0.2, -0.15) is 0 Å². The minimum absolute atomic E-state index is 0.230. The normalized spacial score (nSPS) is 12.2. The van der Waals surface area contributed by atoms with Crippen molar-refractivity contribution in [3.63, 3.8) is 0 Å². The Kier molecular flexibility index (Phi) is 16.2. The van der Waals surface area contributed by atoms with Crippen molar-refractivity contribution in [3.05, 3.63) is 0 Å². The number of aliphatic carboxylic acids is 2. The zero-order chi connectivity index (χ0) is 20.5. The molecule has 0 amide bonds. The topological polar surface area (TPSA) is 208 Å². The Morgan fingerprint density at radius 3 is 1.19 bits per heavy atom. The molecule has 0 spiro atoms. The minimum Gasteiger partial charge on any atom is -0.481 e. The fourth-order valence-electron chi connectivity index (χ4n) is 1.05. The van der Waals surface area contributed by atoms with Gasteiger partial charge in [-0.05, 0) is 0 Å². The number of rotatable bonds is 12. The number of ether oxygens (including phenoxy) is 2. The van der Waals surface area contributed by atoms with E-state index in [9.17, 15) is 19.2 Å². The quantitative estimate of drug-likeness (QED) is 0.193. The summed E-state index contributed by atoms with van der Waals surface area (Å²) < 4.78 is 9.09. The lowest BCUT2D eigenvalue weighted by Gasteiger charge is -2.09. The van der Waals surface area contributed by atoms with Crippen LogP contribution in [0.15, 0.2) is 0 Å². The van der Waals surface area contributed by atoms with Crippen molar-refractivity contribution < 1.29 is 59.3 Å². The molecule has 0 aromatic rings. The second-order valence-corrected chi connectivity index (χ2v) is 4.83. The third-order valence-electron chi connectivity index (χ3n) is 2.38. The number of carboxylic acids is 2. The number of hydrogen-bond donors (Lipinski definition) is 6. The van der Waals surface area contributed by atoms with E-state index >= 15 is 0 Å². The molecule has 0 radical (unpaired) electrons. The maximum atomic E-state index is 11.1. The molecular weight excluding hydrogens is 360 g/mol. The Labute approximate surface area is 148 Å². The van der Waals surface area contributed by atoms with E-state index in [0.717, 1.165) is 0 Å². The molecule has 0 fully saturated rings. The number of carboxylic acid groups (broad SMARTS) is 2. The highest BCUT2D eigenvalue weighted by atomic mass is 16.6. The Morgan fingerprint density at radius 2 is 0.962 bits per heavy atom. The van der Waals surface area contributed by atoms with Crippen LogP contribution in [0, 0.1) is 0 Å². The number of esters is 2. The number of hydrogen-bond acceptors (Lipinski definition) is 10. The molecular formula is C14H24O12. The fourth-order valence-corrected chi connectivity index (χ4v) is 1.05. The molecule has 0 aromatic carbocycles. The van der Waals surface area contributed by atoms with Crippen molar-refractivity contribution >= 4 is 23.9 Å². The van der Waals surface area contributed by atoms with Crippen molar-refractivity contribution in [2.75, 3.05) is 26.4 Å². The van der Waals surface area contributed by atoms with Crippen molar-refractivity contribution in [3.8, 4) is 0 Å². The summed E-state index contributed by atoms with van der Waals surface area (Å²) in [6, 6.07) is 0. The Hall–Kier alpha value is -2.28. The van der Waals surface area contributed by atoms with Crippen LogP contribution in [0.25, 0.3) is 0 Å². The van der Waals surface area contributed by atoms with E-state index in [1.165, 1.54) is 0 Å². The number of carbonyl (C=O) groups is 4. The number of aliphatic hydroxyl groups is 4. The van der Waals surface area contributed by atoms with Gasteiger partial charge in [0.1, 0.15) is 25.4 Å². The maximum absolute atomic E-state index is 11.1. The largest absolute Gasteiger partial charge is 0.481 e. The summed E-state index contributed by atoms with van der Waals surface area (Å²) in [6.07, 6.45) is -3.33. The monoisotopic (exact) mass is 384 g/mol. The van der Waals surface area contributed by atoms with E-state index < -0.39 is 49.3 Å². The number of aliphatic hydroxyl groups excluding tert-OH is 4. The molecule has 0 bridgehead atoms. The standard InChI is InChI=1S/C10H18O8.C4H6O4/c11-3-7(13)5-17-9(15)1-2-10(16)18-6-8(14)4-12;5-3(6)1-2-4(7)8/h7-8,11-14H,1-6H2;1-2H2,(H,5,6)(H,7,8). The van der Waals surface area contributed by atoms with Gasteiger partial charge in [0.25, 0.3) is 0 Å². The third kappa shape index (κ3) is 19.8. The first-order chi connectivity index (χ1) is 12.1. The molecule has 0 aliphatic heterocycles. The first-order valence-corrected chi connectivity index (χ1v) is 7.45. The van der Waals surface area contributed by atoms with E-state index in [4.69, 9.17) is 30.6 Å². The van der Waals surface area contributed by atoms with E-state index in [-0.39, 0.29) is 38.9 Å². The van der Waals surface area contributed by atoms with Gasteiger partial charge in [0, 0.05) is 0 Å². The summed E-state index contributed by atoms with van der Waals surface area (Å²) in [7, 11) is 0. The Balaban J connectivity index is 0. The molecule has 2 unspecified atom stereocenters. The van der Waals surface area contributed by atoms with Gasteiger partial charge in [0.05, 0.1) is 38.9 Å². The fraction of sp³-hybridized carbons (Fsp3) is 0.714. The molecule has 0 saturated carbocycles. The van der Waals surface area contributed by atoms with E-state index in [2.05, 4.69) is 9.47 Å². The average molecular weight is 384 g/mol. The van der Waals surface area contributed by atoms with Crippen LogP contribution >= 0.6 is 0 Å². The smallest absolute Gasteiger partial charge is 0.306 e. The summed E-state index contributed by atoms with van der Waals surface area (Å²) in [5.41, 5.74) is 0. The second kappa shape index (κ2) is 16.2. The molecule has 0 aromatic heterocycles. The van der Waals surface area contributed by atoms with Gasteiger partial charge in [-0.25, -0.2) is 0 Å². The highest BCUT2D eigenvalue weighted by Crippen LogP contribution is 1.98. The molecule has 26 heavy (non-hydrogen) atoms. The first kappa shape index (κ1) is 26.0. The predicted octanol–water partition coefficient (Wildman–Crippen LogP) is -2.50. The molecule has 0 aliphatic carbocycles. The van der Waals surface area contributed by atoms with Crippen LogP contribution in [-0.4, -0.2) is 93.2 Å². The van der Waals surface area contributed by atoms with Crippen LogP contribution in [0.1, 0.15) is 25.7 Å². The van der Waals surface area contributed by atoms with E-state index in [1.54, 1.807) is 0 Å². The summed E-state index contributed by atoms with van der Waals surface area (Å²) in [5.74, 6) is -3.57. The first-order valence-electron chi connectivity index (χ1n) is 7.45. The molecule has 152 valence electrons. The van der Waals surface area contributed by atoms with Gasteiger partial charge in [-0.15, -0.1) is 0 Å². The van der Waals surface area contributed by atoms with Gasteiger partial charge in [-0.3, -0.25) is 19.2 Å². The van der Waals surface area contributed by atoms with Crippen molar-refractivity contribution in [2.24, 2.45) is 0 Å². The molecule has 0 heterocycles. The predicted molar refractivity (Wildman–Crippen MR) is 81.8 cm³/mol. The highest BCUT2D eigenvalue weighted by molar-refractivity contribution is 5.77. The van der Waals surface area contributed by atoms with Crippen LogP contribution in [0.2, 0.25) is 0 Å². The summed E-state index contributed by atoms with van der Waals surface area (Å²) in [4.78, 5) is 41.4. The molecule has 12 nitrogen and oxygen atoms in total. The van der Waals surface area contributed by atoms with Crippen LogP contribution in [0.3, 0.4) is 0 Å². The van der Waals surface area contributed by atoms with Gasteiger partial charge < -0.3 is 40.1 Å². The lowest BCUT2D eigenvalue weighted by Crippen LogP contribution is -2.23. The van der Waals surface area contributed by atoms with Gasteiger partial charge in [0.2, 0.25) is 0 Å². The molecule has 2 atom stereocenters. The van der Waals surface area contributed by atoms with Crippen molar-refractivity contribution in [2.45, 2.75) is 37.9 Å². The van der Waals surface area contributed by atoms with Crippen molar-refractivity contribution in [1.82, 2.24) is 0 Å². The molecule has 0 aliphatic rings. The lowest BCUT2D eigenvalue weighted by atomic mass is 10.3. The van der Waals surface area contributed by atoms with E-state index in [0.29, 0.717) is 0 Å². The zero-order valence-corrected chi connectivity index (χ0v) is 13.9. The lowest BCUT2D eigenvalue weighted by molar-refractivity contribution is -0.154. The summed E-state index contributed by atoms with van der Waals surface area (Å²) in [5, 5.41) is 50.5. The van der Waals surface area contributed by atoms with Gasteiger partial charge in [0.15, 0.2) is 0 Å². The second-order valence-electron chi connectivity index (χ2n) is 4.83. The van der Waals surface area contributed by atoms with E-state index in [1.807, 2.05) is 0 Å². The number of carbonyl (C=O) groups excluding carboxylic acids is 2. The Morgan fingerprint density at radius 1 is 0.654 bits per heavy atom. The molecule has 6 N–H and O–H groups in total. The zero-order valence-electron chi connectivity index (χ0n) is 13.9. The molecule has 0 rings (SSSR count). The SMILES string of the molecule is O=C(CCC(=O)OCC(O)CO)OCC(O)CO.O=C(O)CCC(=O)O. The summed E-state index contributed by atoms with van der Waals surface area (Å²) >= 11 is 0. The molecule has 0 saturated heterocycles. The highest BCUT2D eigenvalue weighted by Gasteiger charge is 2.12. The van der Waals surface area contributed by atoms with Crippen LogP contribution in [0.5, 0.6) is 0 Å². The summed E-state index contributed by atoms with van der Waals surface area (Å²) in [6.45, 7) is -1.72. The Bertz CT molecular complexity index is 396. The average Bonchev–Trinajstić information content (AvgIpc) is 2.60. The van der Waals surface area contributed by atoms with Gasteiger partial charge in [-0.1, -0.05) is 0 Å². The van der Waals surface area contributed by atoms with Crippen LogP contribution in [0.4, 0.5) is 0 Å². The minimum atomic E-state index is -1.14.